The number of hydrogen-bond donors (Lipinski definition) is 1. The number of benzene rings is 1. The monoisotopic (exact) mass is 330 g/mol. The number of nitrogens with zero attached hydrogens (tertiary/aromatic N) is 1. The Balaban J connectivity index is 1.70. The second kappa shape index (κ2) is 6.16. The third-order valence-electron chi connectivity index (χ3n) is 6.37. The number of carbonyl (C=O) groups is 1. The van der Waals surface area contributed by atoms with Crippen molar-refractivity contribution >= 4 is 5.78 Å². The summed E-state index contributed by atoms with van der Waals surface area (Å²) in [6, 6.07) is 8.27. The van der Waals surface area contributed by atoms with E-state index in [0.717, 1.165) is 31.7 Å². The topological polar surface area (TPSA) is 46.5 Å². The van der Waals surface area contributed by atoms with Gasteiger partial charge in [-0.05, 0) is 37.3 Å². The van der Waals surface area contributed by atoms with Crippen LogP contribution >= 0.6 is 0 Å². The van der Waals surface area contributed by atoms with Gasteiger partial charge in [-0.25, -0.2) is 5.21 Å². The van der Waals surface area contributed by atoms with Crippen molar-refractivity contribution < 1.29 is 19.4 Å². The summed E-state index contributed by atoms with van der Waals surface area (Å²) in [5.74, 6) is 2.75. The molecule has 0 spiro atoms. The Bertz CT molecular complexity index is 627. The molecule has 0 amide bonds. The predicted molar refractivity (Wildman–Crippen MR) is 90.7 cm³/mol. The molecule has 0 aromatic heterocycles. The Hall–Kier alpha value is -1.39. The number of hydroxylamine groups is 3. The van der Waals surface area contributed by atoms with E-state index >= 15 is 0 Å². The van der Waals surface area contributed by atoms with E-state index in [2.05, 4.69) is 12.1 Å². The van der Waals surface area contributed by atoms with Crippen molar-refractivity contribution in [2.45, 2.75) is 44.6 Å². The first-order valence-electron chi connectivity index (χ1n) is 9.34. The summed E-state index contributed by atoms with van der Waals surface area (Å²) in [6.45, 7) is 1.63. The number of carbonyl (C=O) groups excluding carboxylic acids is 1. The molecule has 1 saturated heterocycles. The van der Waals surface area contributed by atoms with Crippen molar-refractivity contribution in [3.8, 4) is 5.75 Å². The standard InChI is InChI=1S/C20H28NO3/c1-24-18-4-2-3-16(12-18)20-19-8-7-17(22)11-15(19)9-10-21(20,23)13-14-5-6-14/h2-4,12,14-15,19-20,23H,5-11,13H2,1H3/q+1. The SMILES string of the molecule is COc1cccc(C2C3CCC(=O)CC3CC[N+]2(O)CC2CC2)c1. The zero-order chi connectivity index (χ0) is 16.7. The van der Waals surface area contributed by atoms with Crippen LogP contribution in [0.4, 0.5) is 0 Å². The highest BCUT2D eigenvalue weighted by Crippen LogP contribution is 2.50. The number of ketones is 1. The van der Waals surface area contributed by atoms with Crippen LogP contribution in [0.15, 0.2) is 24.3 Å². The molecule has 4 rings (SSSR count). The molecule has 4 unspecified atom stereocenters. The zero-order valence-corrected chi connectivity index (χ0v) is 14.5. The van der Waals surface area contributed by atoms with Crippen LogP contribution in [0.25, 0.3) is 0 Å². The molecule has 4 atom stereocenters. The first kappa shape index (κ1) is 16.1. The first-order valence-corrected chi connectivity index (χ1v) is 9.34. The number of likely N-dealkylation sites (tertiary alicyclic amines) is 1. The molecule has 0 bridgehead atoms. The fourth-order valence-corrected chi connectivity index (χ4v) is 5.03. The predicted octanol–water partition coefficient (Wildman–Crippen LogP) is 3.74. The van der Waals surface area contributed by atoms with E-state index in [9.17, 15) is 10.0 Å². The van der Waals surface area contributed by atoms with Crippen LogP contribution in [0.1, 0.15) is 50.1 Å². The van der Waals surface area contributed by atoms with Crippen LogP contribution in [0, 0.1) is 17.8 Å². The maximum atomic E-state index is 11.9. The number of ether oxygens (including phenoxy) is 1. The summed E-state index contributed by atoms with van der Waals surface area (Å²) in [5.41, 5.74) is 1.17. The van der Waals surface area contributed by atoms with Gasteiger partial charge in [-0.15, -0.1) is 0 Å². The molecule has 0 radical (unpaired) electrons. The molecule has 2 aliphatic carbocycles. The smallest absolute Gasteiger partial charge is 0.147 e. The second-order valence-electron chi connectivity index (χ2n) is 8.05. The molecule has 1 aromatic rings. The Morgan fingerprint density at radius 2 is 2.08 bits per heavy atom. The lowest BCUT2D eigenvalue weighted by atomic mass is 9.68. The molecule has 4 heteroatoms. The summed E-state index contributed by atoms with van der Waals surface area (Å²) < 4.78 is 5.58. The lowest BCUT2D eigenvalue weighted by Crippen LogP contribution is -2.58. The first-order chi connectivity index (χ1) is 11.6. The lowest BCUT2D eigenvalue weighted by molar-refractivity contribution is -1.13. The van der Waals surface area contributed by atoms with E-state index in [1.807, 2.05) is 12.1 Å². The molecule has 1 aliphatic heterocycles. The lowest BCUT2D eigenvalue weighted by Gasteiger charge is -2.49. The van der Waals surface area contributed by atoms with Gasteiger partial charge in [0.1, 0.15) is 30.7 Å². The van der Waals surface area contributed by atoms with Crippen LogP contribution in [0.5, 0.6) is 5.75 Å². The molecule has 130 valence electrons. The Kier molecular flexibility index (Phi) is 4.13. The molecule has 4 nitrogen and oxygen atoms in total. The maximum Gasteiger partial charge on any atom is 0.147 e. The molecule has 24 heavy (non-hydrogen) atoms. The van der Waals surface area contributed by atoms with Gasteiger partial charge in [0.15, 0.2) is 0 Å². The van der Waals surface area contributed by atoms with E-state index in [-0.39, 0.29) is 10.7 Å². The number of Topliss-reactive ketones (excluding diaryl/α,β-unsaturated/α-hetero) is 1. The Morgan fingerprint density at radius 3 is 2.83 bits per heavy atom. The third-order valence-corrected chi connectivity index (χ3v) is 6.37. The minimum absolute atomic E-state index is 0.0764. The summed E-state index contributed by atoms with van der Waals surface area (Å²) in [5, 5.41) is 11.6. The van der Waals surface area contributed by atoms with E-state index in [0.29, 0.717) is 36.4 Å². The number of piperidine rings is 1. The highest BCUT2D eigenvalue weighted by atomic mass is 16.5. The van der Waals surface area contributed by atoms with Gasteiger partial charge in [0, 0.05) is 36.7 Å². The number of methoxy groups -OCH3 is 1. The Morgan fingerprint density at radius 1 is 1.25 bits per heavy atom. The van der Waals surface area contributed by atoms with E-state index in [1.54, 1.807) is 7.11 Å². The van der Waals surface area contributed by atoms with E-state index in [4.69, 9.17) is 4.74 Å². The minimum Gasteiger partial charge on any atom is -0.497 e. The summed E-state index contributed by atoms with van der Waals surface area (Å²) in [6.07, 6.45) is 5.76. The minimum atomic E-state index is 0.0764. The van der Waals surface area contributed by atoms with Gasteiger partial charge in [0.05, 0.1) is 7.11 Å². The zero-order valence-electron chi connectivity index (χ0n) is 14.5. The molecule has 1 aromatic carbocycles. The van der Waals surface area contributed by atoms with Crippen molar-refractivity contribution in [3.05, 3.63) is 29.8 Å². The van der Waals surface area contributed by atoms with Crippen LogP contribution < -0.4 is 4.74 Å². The van der Waals surface area contributed by atoms with Crippen LogP contribution in [0.3, 0.4) is 0 Å². The summed E-state index contributed by atoms with van der Waals surface area (Å²) >= 11 is 0. The molecule has 2 saturated carbocycles. The number of hydrogen-bond acceptors (Lipinski definition) is 3. The van der Waals surface area contributed by atoms with Crippen molar-refractivity contribution in [1.29, 1.82) is 0 Å². The molecular formula is C20H28NO3+. The summed E-state index contributed by atoms with van der Waals surface area (Å²) in [7, 11) is 1.69. The van der Waals surface area contributed by atoms with Crippen LogP contribution in [0.2, 0.25) is 0 Å². The molecule has 3 fully saturated rings. The van der Waals surface area contributed by atoms with Gasteiger partial charge in [-0.1, -0.05) is 12.1 Å². The van der Waals surface area contributed by atoms with Gasteiger partial charge >= 0.3 is 0 Å². The van der Waals surface area contributed by atoms with Gasteiger partial charge in [-0.2, -0.15) is 4.65 Å². The normalized spacial score (nSPS) is 36.2. The number of rotatable bonds is 4. The fraction of sp³-hybridized carbons (Fsp3) is 0.650. The van der Waals surface area contributed by atoms with Crippen molar-refractivity contribution in [3.63, 3.8) is 0 Å². The van der Waals surface area contributed by atoms with Crippen molar-refractivity contribution in [2.75, 3.05) is 20.2 Å². The third kappa shape index (κ3) is 2.98. The molecule has 3 aliphatic rings. The van der Waals surface area contributed by atoms with Gasteiger partial charge in [-0.3, -0.25) is 4.79 Å². The molecule has 1 N–H and O–H groups in total. The molecular weight excluding hydrogens is 302 g/mol. The number of fused-ring (bicyclic) bond motifs is 1. The van der Waals surface area contributed by atoms with Gasteiger partial charge < -0.3 is 4.74 Å². The van der Waals surface area contributed by atoms with Crippen LogP contribution in [-0.2, 0) is 4.79 Å². The average molecular weight is 330 g/mol. The van der Waals surface area contributed by atoms with Gasteiger partial charge in [0.2, 0.25) is 0 Å². The largest absolute Gasteiger partial charge is 0.497 e. The average Bonchev–Trinajstić information content (AvgIpc) is 3.38. The van der Waals surface area contributed by atoms with E-state index < -0.39 is 0 Å². The highest BCUT2D eigenvalue weighted by Gasteiger charge is 2.53. The molecule has 1 heterocycles. The van der Waals surface area contributed by atoms with Crippen LogP contribution in [-0.4, -0.2) is 35.8 Å². The van der Waals surface area contributed by atoms with E-state index in [1.165, 1.54) is 18.4 Å². The fourth-order valence-electron chi connectivity index (χ4n) is 5.03. The van der Waals surface area contributed by atoms with Gasteiger partial charge in [0.25, 0.3) is 0 Å². The van der Waals surface area contributed by atoms with Crippen molar-refractivity contribution in [1.82, 2.24) is 0 Å². The quantitative estimate of drug-likeness (QED) is 0.856. The second-order valence-corrected chi connectivity index (χ2v) is 8.05. The summed E-state index contributed by atoms with van der Waals surface area (Å²) in [4.78, 5) is 11.9. The number of quaternary nitrogens is 1. The Labute approximate surface area is 144 Å². The van der Waals surface area contributed by atoms with Crippen molar-refractivity contribution in [2.24, 2.45) is 17.8 Å². The maximum absolute atomic E-state index is 11.9. The highest BCUT2D eigenvalue weighted by molar-refractivity contribution is 5.79.